The van der Waals surface area contributed by atoms with Gasteiger partial charge in [-0.3, -0.25) is 0 Å². The molecule has 24 heavy (non-hydrogen) atoms. The Balaban J connectivity index is 2.53. The third kappa shape index (κ3) is 3.98. The Morgan fingerprint density at radius 3 is 1.96 bits per heavy atom. The second-order valence-corrected chi connectivity index (χ2v) is 4.60. The highest BCUT2D eigenvalue weighted by atomic mass is 19.4. The average molecular weight is 350 g/mol. The summed E-state index contributed by atoms with van der Waals surface area (Å²) < 4.78 is 79.6. The molecule has 0 aliphatic carbocycles. The number of ether oxygens (including phenoxy) is 1. The van der Waals surface area contributed by atoms with Gasteiger partial charge in [0.2, 0.25) is 0 Å². The summed E-state index contributed by atoms with van der Waals surface area (Å²) in [5.41, 5.74) is -2.88. The molecule has 0 radical (unpaired) electrons. The van der Waals surface area contributed by atoms with Crippen molar-refractivity contribution in [3.05, 3.63) is 53.6 Å². The number of rotatable bonds is 3. The van der Waals surface area contributed by atoms with Gasteiger partial charge in [-0.05, 0) is 29.3 Å². The molecular formula is C15H8F6O3. The summed E-state index contributed by atoms with van der Waals surface area (Å²) in [7, 11) is 0. The number of alkyl halides is 6. The molecule has 0 aliphatic heterocycles. The maximum atomic E-state index is 13.2. The van der Waals surface area contributed by atoms with Gasteiger partial charge in [0, 0.05) is 0 Å². The summed E-state index contributed by atoms with van der Waals surface area (Å²) in [5, 5.41) is 8.93. The van der Waals surface area contributed by atoms with Crippen LogP contribution in [0.5, 0.6) is 5.75 Å². The van der Waals surface area contributed by atoms with Crippen molar-refractivity contribution in [2.75, 3.05) is 0 Å². The fourth-order valence-corrected chi connectivity index (χ4v) is 2.11. The predicted molar refractivity (Wildman–Crippen MR) is 70.5 cm³/mol. The molecule has 0 heterocycles. The first-order valence-corrected chi connectivity index (χ1v) is 6.29. The molecule has 2 rings (SSSR count). The third-order valence-electron chi connectivity index (χ3n) is 2.98. The fraction of sp³-hybridized carbons (Fsp3) is 0.133. The minimum Gasteiger partial charge on any atom is -0.478 e. The molecule has 0 aromatic heterocycles. The molecule has 0 saturated carbocycles. The Labute approximate surface area is 131 Å². The Morgan fingerprint density at radius 1 is 0.917 bits per heavy atom. The number of hydrogen-bond donors (Lipinski definition) is 1. The zero-order chi connectivity index (χ0) is 18.1. The summed E-state index contributed by atoms with van der Waals surface area (Å²) in [6.45, 7) is 0. The number of benzene rings is 2. The van der Waals surface area contributed by atoms with Gasteiger partial charge in [-0.15, -0.1) is 13.2 Å². The van der Waals surface area contributed by atoms with Crippen LogP contribution in [-0.4, -0.2) is 17.4 Å². The minimum atomic E-state index is -4.95. The minimum absolute atomic E-state index is 0.0973. The molecule has 1 N–H and O–H groups in total. The Morgan fingerprint density at radius 2 is 1.50 bits per heavy atom. The number of aromatic carboxylic acids is 1. The number of carboxylic acid groups (broad SMARTS) is 1. The van der Waals surface area contributed by atoms with E-state index in [4.69, 9.17) is 5.11 Å². The molecule has 9 heteroatoms. The van der Waals surface area contributed by atoms with Crippen LogP contribution in [-0.2, 0) is 6.18 Å². The number of carbonyl (C=O) groups is 1. The molecule has 0 spiro atoms. The van der Waals surface area contributed by atoms with Gasteiger partial charge in [-0.2, -0.15) is 13.2 Å². The lowest BCUT2D eigenvalue weighted by atomic mass is 9.95. The van der Waals surface area contributed by atoms with Crippen LogP contribution in [0.2, 0.25) is 0 Å². The van der Waals surface area contributed by atoms with Crippen molar-refractivity contribution >= 4 is 5.97 Å². The largest absolute Gasteiger partial charge is 0.573 e. The van der Waals surface area contributed by atoms with E-state index >= 15 is 0 Å². The van der Waals surface area contributed by atoms with Gasteiger partial charge in [0.15, 0.2) is 0 Å². The third-order valence-corrected chi connectivity index (χ3v) is 2.98. The second kappa shape index (κ2) is 6.06. The monoisotopic (exact) mass is 350 g/mol. The topological polar surface area (TPSA) is 46.5 Å². The summed E-state index contributed by atoms with van der Waals surface area (Å²) in [5.74, 6) is -2.37. The Bertz CT molecular complexity index is 747. The van der Waals surface area contributed by atoms with Crippen LogP contribution < -0.4 is 4.74 Å². The highest BCUT2D eigenvalue weighted by Crippen LogP contribution is 2.40. The quantitative estimate of drug-likeness (QED) is 0.795. The highest BCUT2D eigenvalue weighted by Gasteiger charge is 2.38. The summed E-state index contributed by atoms with van der Waals surface area (Å²) >= 11 is 0. The van der Waals surface area contributed by atoms with Crippen molar-refractivity contribution in [2.45, 2.75) is 12.5 Å². The van der Waals surface area contributed by atoms with E-state index in [0.717, 1.165) is 42.5 Å². The van der Waals surface area contributed by atoms with Crippen molar-refractivity contribution in [3.63, 3.8) is 0 Å². The lowest BCUT2D eigenvalue weighted by molar-refractivity contribution is -0.274. The van der Waals surface area contributed by atoms with Crippen LogP contribution in [0, 0.1) is 0 Å². The molecule has 0 atom stereocenters. The molecule has 0 aliphatic rings. The Kier molecular flexibility index (Phi) is 4.46. The molecule has 0 saturated heterocycles. The molecular weight excluding hydrogens is 342 g/mol. The maximum absolute atomic E-state index is 13.2. The van der Waals surface area contributed by atoms with Gasteiger partial charge in [0.25, 0.3) is 0 Å². The zero-order valence-electron chi connectivity index (χ0n) is 11.6. The van der Waals surface area contributed by atoms with Gasteiger partial charge in [-0.25, -0.2) is 4.79 Å². The van der Waals surface area contributed by atoms with Gasteiger partial charge in [0.05, 0.1) is 11.1 Å². The fourth-order valence-electron chi connectivity index (χ4n) is 2.11. The van der Waals surface area contributed by atoms with Gasteiger partial charge in [0.1, 0.15) is 5.75 Å². The van der Waals surface area contributed by atoms with Crippen LogP contribution >= 0.6 is 0 Å². The number of carboxylic acids is 1. The summed E-state index contributed by atoms with van der Waals surface area (Å²) in [6, 6.07) is 6.61. The first kappa shape index (κ1) is 17.6. The molecule has 3 nitrogen and oxygen atoms in total. The van der Waals surface area contributed by atoms with E-state index in [1.165, 1.54) is 0 Å². The van der Waals surface area contributed by atoms with Gasteiger partial charge in [-0.1, -0.05) is 24.3 Å². The van der Waals surface area contributed by atoms with Crippen molar-refractivity contribution < 1.29 is 41.0 Å². The Hall–Kier alpha value is -2.71. The SMILES string of the molecule is O=C(O)c1cccc(-c2ccc(OC(F)(F)F)cc2)c1C(F)(F)F. The van der Waals surface area contributed by atoms with Crippen LogP contribution in [0.1, 0.15) is 15.9 Å². The molecule has 2 aromatic carbocycles. The van der Waals surface area contributed by atoms with E-state index in [1.54, 1.807) is 0 Å². The standard InChI is InChI=1S/C15H8F6O3/c16-14(17,18)12-10(2-1-3-11(12)13(22)23)8-4-6-9(7-5-8)24-15(19,20)21/h1-7H,(H,22,23). The first-order valence-electron chi connectivity index (χ1n) is 6.29. The van der Waals surface area contributed by atoms with Crippen molar-refractivity contribution in [1.29, 1.82) is 0 Å². The first-order chi connectivity index (χ1) is 11.0. The van der Waals surface area contributed by atoms with Crippen LogP contribution in [0.4, 0.5) is 26.3 Å². The van der Waals surface area contributed by atoms with Crippen LogP contribution in [0.3, 0.4) is 0 Å². The zero-order valence-corrected chi connectivity index (χ0v) is 11.6. The highest BCUT2D eigenvalue weighted by molar-refractivity contribution is 5.92. The molecule has 0 bridgehead atoms. The van der Waals surface area contributed by atoms with Crippen LogP contribution in [0.25, 0.3) is 11.1 Å². The van der Waals surface area contributed by atoms with Crippen molar-refractivity contribution in [2.24, 2.45) is 0 Å². The van der Waals surface area contributed by atoms with Gasteiger partial charge < -0.3 is 9.84 Å². The lowest BCUT2D eigenvalue weighted by Gasteiger charge is -2.16. The molecule has 128 valence electrons. The smallest absolute Gasteiger partial charge is 0.478 e. The number of halogens is 6. The van der Waals surface area contributed by atoms with E-state index in [1.807, 2.05) is 0 Å². The predicted octanol–water partition coefficient (Wildman–Crippen LogP) is 4.97. The van der Waals surface area contributed by atoms with Crippen LogP contribution in [0.15, 0.2) is 42.5 Å². The van der Waals surface area contributed by atoms with E-state index in [9.17, 15) is 31.1 Å². The van der Waals surface area contributed by atoms with Crippen molar-refractivity contribution in [3.8, 4) is 16.9 Å². The molecule has 2 aromatic rings. The summed E-state index contributed by atoms with van der Waals surface area (Å²) in [4.78, 5) is 11.0. The normalized spacial score (nSPS) is 12.1. The summed E-state index contributed by atoms with van der Waals surface area (Å²) in [6.07, 6.45) is -9.88. The lowest BCUT2D eigenvalue weighted by Crippen LogP contribution is -2.17. The van der Waals surface area contributed by atoms with E-state index in [2.05, 4.69) is 4.74 Å². The maximum Gasteiger partial charge on any atom is 0.573 e. The molecule has 0 unspecified atom stereocenters. The molecule has 0 amide bonds. The second-order valence-electron chi connectivity index (χ2n) is 4.60. The van der Waals surface area contributed by atoms with E-state index < -0.39 is 40.9 Å². The molecule has 0 fully saturated rings. The van der Waals surface area contributed by atoms with Crippen molar-refractivity contribution in [1.82, 2.24) is 0 Å². The van der Waals surface area contributed by atoms with E-state index in [0.29, 0.717) is 0 Å². The van der Waals surface area contributed by atoms with Gasteiger partial charge >= 0.3 is 18.5 Å². The average Bonchev–Trinajstić information content (AvgIpc) is 2.44. The van der Waals surface area contributed by atoms with E-state index in [-0.39, 0.29) is 5.56 Å². The number of hydrogen-bond acceptors (Lipinski definition) is 2.